The maximum absolute atomic E-state index is 13.7. The number of anilines is 1. The molecule has 1 aliphatic rings. The monoisotopic (exact) mass is 456 g/mol. The molecule has 2 amide bonds. The number of benzene rings is 3. The van der Waals surface area contributed by atoms with Crippen molar-refractivity contribution >= 4 is 33.4 Å². The summed E-state index contributed by atoms with van der Waals surface area (Å²) in [5.74, 6) is -1.82. The highest BCUT2D eigenvalue weighted by Gasteiger charge is 2.34. The molecule has 0 unspecified atom stereocenters. The maximum Gasteiger partial charge on any atom is 0.255 e. The van der Waals surface area contributed by atoms with E-state index in [1.165, 1.54) is 35.2 Å². The van der Waals surface area contributed by atoms with Gasteiger partial charge in [-0.3, -0.25) is 9.59 Å². The predicted octanol–water partition coefficient (Wildman–Crippen LogP) is 4.91. The number of halogens is 3. The van der Waals surface area contributed by atoms with Gasteiger partial charge in [0, 0.05) is 21.3 Å². The smallest absolute Gasteiger partial charge is 0.255 e. The van der Waals surface area contributed by atoms with E-state index in [4.69, 9.17) is 0 Å². The Labute approximate surface area is 174 Å². The Morgan fingerprint density at radius 3 is 2.48 bits per heavy atom. The molecule has 0 saturated heterocycles. The topological polar surface area (TPSA) is 49.4 Å². The van der Waals surface area contributed by atoms with Crippen molar-refractivity contribution in [3.8, 4) is 0 Å². The molecule has 3 aromatic rings. The first-order valence-corrected chi connectivity index (χ1v) is 9.63. The van der Waals surface area contributed by atoms with Crippen LogP contribution in [0.2, 0.25) is 0 Å². The van der Waals surface area contributed by atoms with Gasteiger partial charge in [0.2, 0.25) is 5.91 Å². The average molecular weight is 457 g/mol. The summed E-state index contributed by atoms with van der Waals surface area (Å²) in [5.41, 5.74) is 1.99. The first-order chi connectivity index (χ1) is 13.9. The lowest BCUT2D eigenvalue weighted by atomic mass is 9.95. The molecule has 0 aromatic heterocycles. The van der Waals surface area contributed by atoms with Gasteiger partial charge in [0.05, 0.1) is 6.04 Å². The van der Waals surface area contributed by atoms with Crippen molar-refractivity contribution < 1.29 is 18.4 Å². The van der Waals surface area contributed by atoms with Crippen molar-refractivity contribution in [1.82, 2.24) is 4.90 Å². The van der Waals surface area contributed by atoms with Crippen LogP contribution < -0.4 is 5.32 Å². The molecule has 1 atom stereocenters. The van der Waals surface area contributed by atoms with Crippen molar-refractivity contribution in [1.29, 1.82) is 0 Å². The van der Waals surface area contributed by atoms with Crippen LogP contribution >= 0.6 is 15.9 Å². The second-order valence-corrected chi connectivity index (χ2v) is 7.59. The second kappa shape index (κ2) is 7.75. The molecular weight excluding hydrogens is 442 g/mol. The molecule has 1 aliphatic heterocycles. The van der Waals surface area contributed by atoms with Crippen molar-refractivity contribution in [2.75, 3.05) is 11.9 Å². The third kappa shape index (κ3) is 3.91. The summed E-state index contributed by atoms with van der Waals surface area (Å²) in [5, 5.41) is 2.81. The minimum absolute atomic E-state index is 0.128. The Balaban J connectivity index is 1.90. The van der Waals surface area contributed by atoms with Gasteiger partial charge in [-0.15, -0.1) is 0 Å². The minimum Gasteiger partial charge on any atom is -0.324 e. The van der Waals surface area contributed by atoms with E-state index in [2.05, 4.69) is 21.2 Å². The largest absolute Gasteiger partial charge is 0.324 e. The van der Waals surface area contributed by atoms with Gasteiger partial charge in [-0.25, -0.2) is 8.78 Å². The first-order valence-electron chi connectivity index (χ1n) is 8.83. The standard InChI is InChI=1S/C22H15BrF2N2O2/c23-15-6-9-19-18(11-15)21(13-4-7-16(24)8-5-13)27(12-20(28)26-19)22(29)14-2-1-3-17(25)10-14/h1-11,21H,12H2,(H,26,28)/t21-/m0/s1. The fourth-order valence-corrected chi connectivity index (χ4v) is 3.84. The highest BCUT2D eigenvalue weighted by atomic mass is 79.9. The van der Waals surface area contributed by atoms with Crippen LogP contribution in [0.15, 0.2) is 71.2 Å². The normalized spacial score (nSPS) is 16.0. The summed E-state index contributed by atoms with van der Waals surface area (Å²) in [4.78, 5) is 27.2. The van der Waals surface area contributed by atoms with E-state index in [-0.39, 0.29) is 18.0 Å². The first kappa shape index (κ1) is 19.3. The zero-order valence-electron chi connectivity index (χ0n) is 15.0. The van der Waals surface area contributed by atoms with Crippen LogP contribution in [0.4, 0.5) is 14.5 Å². The Hall–Kier alpha value is -3.06. The summed E-state index contributed by atoms with van der Waals surface area (Å²) in [6.45, 7) is -0.232. The van der Waals surface area contributed by atoms with Gasteiger partial charge in [-0.2, -0.15) is 0 Å². The lowest BCUT2D eigenvalue weighted by Gasteiger charge is -2.30. The van der Waals surface area contributed by atoms with Crippen molar-refractivity contribution in [3.63, 3.8) is 0 Å². The number of hydrogen-bond donors (Lipinski definition) is 1. The molecule has 0 aliphatic carbocycles. The second-order valence-electron chi connectivity index (χ2n) is 6.68. The van der Waals surface area contributed by atoms with E-state index in [9.17, 15) is 18.4 Å². The molecule has 4 rings (SSSR count). The molecule has 1 N–H and O–H groups in total. The number of rotatable bonds is 2. The van der Waals surface area contributed by atoms with Gasteiger partial charge in [-0.05, 0) is 54.1 Å². The molecule has 0 fully saturated rings. The molecule has 0 radical (unpaired) electrons. The van der Waals surface area contributed by atoms with E-state index in [1.807, 2.05) is 0 Å². The van der Waals surface area contributed by atoms with Crippen LogP contribution in [-0.2, 0) is 4.79 Å². The van der Waals surface area contributed by atoms with Gasteiger partial charge < -0.3 is 10.2 Å². The van der Waals surface area contributed by atoms with E-state index in [0.717, 1.165) is 10.5 Å². The van der Waals surface area contributed by atoms with Crippen molar-refractivity contribution in [2.24, 2.45) is 0 Å². The van der Waals surface area contributed by atoms with Crippen molar-refractivity contribution in [2.45, 2.75) is 6.04 Å². The Kier molecular flexibility index (Phi) is 5.15. The lowest BCUT2D eigenvalue weighted by molar-refractivity contribution is -0.117. The number of hydrogen-bond acceptors (Lipinski definition) is 2. The fraction of sp³-hybridized carbons (Fsp3) is 0.0909. The third-order valence-corrected chi connectivity index (χ3v) is 5.22. The quantitative estimate of drug-likeness (QED) is 0.595. The zero-order valence-corrected chi connectivity index (χ0v) is 16.6. The molecule has 3 aromatic carbocycles. The molecule has 29 heavy (non-hydrogen) atoms. The fourth-order valence-electron chi connectivity index (χ4n) is 3.46. The van der Waals surface area contributed by atoms with E-state index < -0.39 is 23.6 Å². The number of amides is 2. The van der Waals surface area contributed by atoms with Crippen LogP contribution in [0.5, 0.6) is 0 Å². The average Bonchev–Trinajstić information content (AvgIpc) is 2.84. The molecule has 0 spiro atoms. The molecule has 146 valence electrons. The number of nitrogens with zero attached hydrogens (tertiary/aromatic N) is 1. The predicted molar refractivity (Wildman–Crippen MR) is 108 cm³/mol. The summed E-state index contributed by atoms with van der Waals surface area (Å²) in [6.07, 6.45) is 0. The van der Waals surface area contributed by atoms with Crippen LogP contribution in [0.3, 0.4) is 0 Å². The third-order valence-electron chi connectivity index (χ3n) is 4.73. The summed E-state index contributed by atoms with van der Waals surface area (Å²) < 4.78 is 28.0. The zero-order chi connectivity index (χ0) is 20.5. The molecule has 7 heteroatoms. The van der Waals surface area contributed by atoms with E-state index in [0.29, 0.717) is 16.8 Å². The number of nitrogens with one attached hydrogen (secondary N) is 1. The van der Waals surface area contributed by atoms with Crippen molar-refractivity contribution in [3.05, 3.63) is 99.5 Å². The summed E-state index contributed by atoms with van der Waals surface area (Å²) in [6, 6.07) is 15.7. The van der Waals surface area contributed by atoms with Gasteiger partial charge >= 0.3 is 0 Å². The summed E-state index contributed by atoms with van der Waals surface area (Å²) >= 11 is 3.43. The van der Waals surface area contributed by atoms with Crippen LogP contribution in [0, 0.1) is 11.6 Å². The van der Waals surface area contributed by atoms with Gasteiger partial charge in [0.1, 0.15) is 18.2 Å². The number of carbonyl (C=O) groups is 2. The lowest BCUT2D eigenvalue weighted by Crippen LogP contribution is -2.39. The molecule has 1 heterocycles. The maximum atomic E-state index is 13.7. The highest BCUT2D eigenvalue weighted by molar-refractivity contribution is 9.10. The highest BCUT2D eigenvalue weighted by Crippen LogP contribution is 2.38. The van der Waals surface area contributed by atoms with Crippen LogP contribution in [-0.4, -0.2) is 23.3 Å². The van der Waals surface area contributed by atoms with E-state index >= 15 is 0 Å². The summed E-state index contributed by atoms with van der Waals surface area (Å²) in [7, 11) is 0. The number of fused-ring (bicyclic) bond motifs is 1. The van der Waals surface area contributed by atoms with E-state index in [1.54, 1.807) is 30.3 Å². The van der Waals surface area contributed by atoms with Crippen LogP contribution in [0.1, 0.15) is 27.5 Å². The molecular formula is C22H15BrF2N2O2. The SMILES string of the molecule is O=C1CN(C(=O)c2cccc(F)c2)[C@@H](c2ccc(F)cc2)c2cc(Br)ccc2N1. The Bertz CT molecular complexity index is 1100. The van der Waals surface area contributed by atoms with Gasteiger partial charge in [0.25, 0.3) is 5.91 Å². The van der Waals surface area contributed by atoms with Crippen LogP contribution in [0.25, 0.3) is 0 Å². The molecule has 0 bridgehead atoms. The van der Waals surface area contributed by atoms with Gasteiger partial charge in [0.15, 0.2) is 0 Å². The molecule has 4 nitrogen and oxygen atoms in total. The minimum atomic E-state index is -0.669. The Morgan fingerprint density at radius 2 is 1.76 bits per heavy atom. The molecule has 0 saturated carbocycles. The number of carbonyl (C=O) groups excluding carboxylic acids is 2. The van der Waals surface area contributed by atoms with Gasteiger partial charge in [-0.1, -0.05) is 34.1 Å². The Morgan fingerprint density at radius 1 is 1.00 bits per heavy atom.